The SMILES string of the molecule is CO[Si](OC)OC(CCCN)CCCN. The Bertz CT molecular complexity index is 129. The molecule has 0 spiro atoms. The first-order valence-corrected chi connectivity index (χ1v) is 6.52. The van der Waals surface area contributed by atoms with E-state index in [-0.39, 0.29) is 6.10 Å². The van der Waals surface area contributed by atoms with Crippen molar-refractivity contribution < 1.29 is 13.3 Å². The Morgan fingerprint density at radius 3 is 1.80 bits per heavy atom. The van der Waals surface area contributed by atoms with E-state index >= 15 is 0 Å². The van der Waals surface area contributed by atoms with Crippen molar-refractivity contribution in [1.82, 2.24) is 0 Å². The van der Waals surface area contributed by atoms with Gasteiger partial charge in [0, 0.05) is 20.3 Å². The molecular weight excluding hydrogens is 212 g/mol. The first-order valence-electron chi connectivity index (χ1n) is 5.30. The second kappa shape index (κ2) is 10.5. The minimum absolute atomic E-state index is 0.158. The highest BCUT2D eigenvalue weighted by Crippen LogP contribution is 2.10. The molecule has 0 aromatic carbocycles. The standard InChI is InChI=1S/C9H23N2O3Si/c1-12-15(13-2)14-9(5-3-7-10)6-4-8-11/h9H,3-8,10-11H2,1-2H3. The van der Waals surface area contributed by atoms with Crippen molar-refractivity contribution in [2.45, 2.75) is 31.8 Å². The van der Waals surface area contributed by atoms with Crippen molar-refractivity contribution in [3.05, 3.63) is 0 Å². The van der Waals surface area contributed by atoms with E-state index < -0.39 is 9.53 Å². The molecule has 0 saturated carbocycles. The fraction of sp³-hybridized carbons (Fsp3) is 1.00. The lowest BCUT2D eigenvalue weighted by atomic mass is 10.1. The van der Waals surface area contributed by atoms with E-state index in [0.717, 1.165) is 25.7 Å². The third kappa shape index (κ3) is 7.89. The van der Waals surface area contributed by atoms with Gasteiger partial charge in [-0.05, 0) is 38.8 Å². The number of nitrogens with two attached hydrogens (primary N) is 2. The highest BCUT2D eigenvalue weighted by atomic mass is 28.3. The highest BCUT2D eigenvalue weighted by molar-refractivity contribution is 6.36. The van der Waals surface area contributed by atoms with Crippen LogP contribution in [0.25, 0.3) is 0 Å². The summed E-state index contributed by atoms with van der Waals surface area (Å²) in [5.74, 6) is 0. The third-order valence-electron chi connectivity index (χ3n) is 2.06. The van der Waals surface area contributed by atoms with Crippen LogP contribution in [0.15, 0.2) is 0 Å². The van der Waals surface area contributed by atoms with Gasteiger partial charge in [-0.1, -0.05) is 0 Å². The largest absolute Gasteiger partial charge is 0.577 e. The molecule has 4 N–H and O–H groups in total. The molecule has 0 aliphatic rings. The number of hydrogen-bond donors (Lipinski definition) is 2. The Morgan fingerprint density at radius 2 is 1.47 bits per heavy atom. The van der Waals surface area contributed by atoms with Crippen LogP contribution >= 0.6 is 0 Å². The van der Waals surface area contributed by atoms with E-state index in [4.69, 9.17) is 24.7 Å². The molecule has 0 aromatic heterocycles. The Morgan fingerprint density at radius 1 is 1.00 bits per heavy atom. The van der Waals surface area contributed by atoms with Crippen molar-refractivity contribution in [2.75, 3.05) is 27.3 Å². The van der Waals surface area contributed by atoms with Crippen LogP contribution in [-0.2, 0) is 13.3 Å². The molecule has 0 amide bonds. The summed E-state index contributed by atoms with van der Waals surface area (Å²) >= 11 is 0. The maximum atomic E-state index is 5.70. The van der Waals surface area contributed by atoms with E-state index in [1.807, 2.05) is 0 Å². The van der Waals surface area contributed by atoms with Crippen molar-refractivity contribution in [3.63, 3.8) is 0 Å². The van der Waals surface area contributed by atoms with Crippen LogP contribution in [0.3, 0.4) is 0 Å². The average molecular weight is 235 g/mol. The van der Waals surface area contributed by atoms with Crippen LogP contribution in [0.4, 0.5) is 0 Å². The predicted octanol–water partition coefficient (Wildman–Crippen LogP) is 0.127. The minimum Gasteiger partial charge on any atom is -0.375 e. The Balaban J connectivity index is 3.86. The van der Waals surface area contributed by atoms with Gasteiger partial charge in [-0.2, -0.15) is 0 Å². The van der Waals surface area contributed by atoms with Gasteiger partial charge >= 0.3 is 9.53 Å². The zero-order chi connectivity index (χ0) is 11.5. The lowest BCUT2D eigenvalue weighted by Crippen LogP contribution is -2.31. The second-order valence-corrected chi connectivity index (χ2v) is 4.81. The molecule has 0 aliphatic heterocycles. The molecule has 0 heterocycles. The first-order chi connectivity index (χ1) is 7.28. The Hall–Kier alpha value is 0.0169. The highest BCUT2D eigenvalue weighted by Gasteiger charge is 2.21. The van der Waals surface area contributed by atoms with Crippen LogP contribution in [0.5, 0.6) is 0 Å². The zero-order valence-corrected chi connectivity index (χ0v) is 10.7. The first kappa shape index (κ1) is 15.0. The molecule has 5 nitrogen and oxygen atoms in total. The summed E-state index contributed by atoms with van der Waals surface area (Å²) in [7, 11) is 1.63. The van der Waals surface area contributed by atoms with E-state index in [2.05, 4.69) is 0 Å². The van der Waals surface area contributed by atoms with Gasteiger partial charge in [0.25, 0.3) is 0 Å². The smallest absolute Gasteiger partial charge is 0.375 e. The summed E-state index contributed by atoms with van der Waals surface area (Å²) in [5.41, 5.74) is 10.9. The van der Waals surface area contributed by atoms with Gasteiger partial charge in [-0.15, -0.1) is 0 Å². The molecule has 0 saturated heterocycles. The summed E-state index contributed by atoms with van der Waals surface area (Å²) in [6.45, 7) is 1.37. The topological polar surface area (TPSA) is 79.7 Å². The van der Waals surface area contributed by atoms with Crippen LogP contribution in [-0.4, -0.2) is 42.9 Å². The second-order valence-electron chi connectivity index (χ2n) is 3.26. The zero-order valence-electron chi connectivity index (χ0n) is 9.70. The third-order valence-corrected chi connectivity index (χ3v) is 3.25. The van der Waals surface area contributed by atoms with E-state index in [1.165, 1.54) is 0 Å². The summed E-state index contributed by atoms with van der Waals surface area (Å²) in [6, 6.07) is 0. The van der Waals surface area contributed by atoms with Crippen LogP contribution in [0.1, 0.15) is 25.7 Å². The van der Waals surface area contributed by atoms with E-state index in [9.17, 15) is 0 Å². The van der Waals surface area contributed by atoms with Crippen LogP contribution < -0.4 is 11.5 Å². The maximum absolute atomic E-state index is 5.70. The van der Waals surface area contributed by atoms with Gasteiger partial charge in [0.1, 0.15) is 0 Å². The van der Waals surface area contributed by atoms with E-state index in [0.29, 0.717) is 13.1 Å². The number of rotatable bonds is 10. The molecule has 0 aromatic rings. The molecule has 0 aliphatic carbocycles. The fourth-order valence-corrected chi connectivity index (χ4v) is 2.14. The number of hydrogen-bond acceptors (Lipinski definition) is 5. The van der Waals surface area contributed by atoms with Crippen molar-refractivity contribution >= 4 is 9.53 Å². The minimum atomic E-state index is -1.56. The lowest BCUT2D eigenvalue weighted by Gasteiger charge is -2.20. The predicted molar refractivity (Wildman–Crippen MR) is 61.2 cm³/mol. The Labute approximate surface area is 94.0 Å². The molecule has 0 unspecified atom stereocenters. The van der Waals surface area contributed by atoms with Crippen LogP contribution in [0.2, 0.25) is 0 Å². The van der Waals surface area contributed by atoms with Crippen LogP contribution in [0, 0.1) is 0 Å². The summed E-state index contributed by atoms with van der Waals surface area (Å²) < 4.78 is 15.9. The normalized spacial score (nSPS) is 11.6. The van der Waals surface area contributed by atoms with Crippen molar-refractivity contribution in [1.29, 1.82) is 0 Å². The monoisotopic (exact) mass is 235 g/mol. The molecule has 0 fully saturated rings. The lowest BCUT2D eigenvalue weighted by molar-refractivity contribution is 0.0751. The van der Waals surface area contributed by atoms with Crippen molar-refractivity contribution in [3.8, 4) is 0 Å². The molecule has 0 atom stereocenters. The van der Waals surface area contributed by atoms with Gasteiger partial charge in [-0.25, -0.2) is 0 Å². The van der Waals surface area contributed by atoms with Crippen molar-refractivity contribution in [2.24, 2.45) is 11.5 Å². The molecule has 6 heteroatoms. The quantitative estimate of drug-likeness (QED) is 0.526. The molecule has 91 valence electrons. The molecule has 0 bridgehead atoms. The molecule has 15 heavy (non-hydrogen) atoms. The average Bonchev–Trinajstić information content (AvgIpc) is 2.28. The summed E-state index contributed by atoms with van der Waals surface area (Å²) in [4.78, 5) is 0. The van der Waals surface area contributed by atoms with E-state index in [1.54, 1.807) is 14.2 Å². The van der Waals surface area contributed by atoms with Gasteiger partial charge in [0.2, 0.25) is 0 Å². The van der Waals surface area contributed by atoms with Gasteiger partial charge < -0.3 is 24.7 Å². The summed E-state index contributed by atoms with van der Waals surface area (Å²) in [5, 5.41) is 0. The molecule has 1 radical (unpaired) electrons. The molecule has 0 rings (SSSR count). The summed E-state index contributed by atoms with van der Waals surface area (Å²) in [6.07, 6.45) is 3.95. The molecular formula is C9H23N2O3Si. The fourth-order valence-electron chi connectivity index (χ4n) is 1.27. The van der Waals surface area contributed by atoms with Gasteiger partial charge in [-0.3, -0.25) is 0 Å². The maximum Gasteiger partial charge on any atom is 0.577 e. The Kier molecular flexibility index (Phi) is 10.5. The van der Waals surface area contributed by atoms with Gasteiger partial charge in [0.05, 0.1) is 0 Å². The van der Waals surface area contributed by atoms with Gasteiger partial charge in [0.15, 0.2) is 0 Å².